The third-order valence-electron chi connectivity index (χ3n) is 12.1. The minimum atomic E-state index is -3.78. The van der Waals surface area contributed by atoms with Gasteiger partial charge in [-0.05, 0) is 73.3 Å². The van der Waals surface area contributed by atoms with E-state index in [2.05, 4.69) is 6.58 Å². The fourth-order valence-corrected chi connectivity index (χ4v) is 11.7. The van der Waals surface area contributed by atoms with E-state index in [0.717, 1.165) is 0 Å². The number of aliphatic hydroxyl groups is 2. The van der Waals surface area contributed by atoms with Gasteiger partial charge in [0.15, 0.2) is 5.78 Å². The molecule has 1 aromatic carbocycles. The Hall–Kier alpha value is -2.15. The second-order valence-corrected chi connectivity index (χ2v) is 16.7. The number of Topliss-reactive ketones (excluding diaryl/α,β-unsaturated/α-hetero) is 2. The number of halogens is 1. The van der Waals surface area contributed by atoms with Crippen molar-refractivity contribution in [2.24, 2.45) is 39.9 Å². The summed E-state index contributed by atoms with van der Waals surface area (Å²) in [5.41, 5.74) is -3.36. The van der Waals surface area contributed by atoms with E-state index in [1.807, 2.05) is 13.8 Å². The molecule has 0 unspecified atom stereocenters. The quantitative estimate of drug-likeness (QED) is 0.372. The van der Waals surface area contributed by atoms with E-state index in [4.69, 9.17) is 21.1 Å². The lowest BCUT2D eigenvalue weighted by molar-refractivity contribution is -0.437. The van der Waals surface area contributed by atoms with Crippen LogP contribution in [0.4, 0.5) is 0 Å². The molecule has 3 heterocycles. The Morgan fingerprint density at radius 1 is 1.11 bits per heavy atom. The van der Waals surface area contributed by atoms with Crippen LogP contribution in [0.25, 0.3) is 0 Å². The second-order valence-electron chi connectivity index (χ2n) is 14.3. The first kappa shape index (κ1) is 30.5. The number of nitrogens with zero attached hydrogens (tertiary/aromatic N) is 1. The first-order chi connectivity index (χ1) is 20.6. The molecule has 7 aliphatic rings. The van der Waals surface area contributed by atoms with Crippen molar-refractivity contribution in [2.75, 3.05) is 19.7 Å². The molecular formula is C32H38ClNO9S. The van der Waals surface area contributed by atoms with Gasteiger partial charge in [0.05, 0.1) is 22.8 Å². The predicted octanol–water partition coefficient (Wildman–Crippen LogP) is 2.89. The number of fused-ring (bicyclic) bond motifs is 2. The molecule has 2 spiro atoms. The average molecular weight is 648 g/mol. The monoisotopic (exact) mass is 647 g/mol. The number of ketones is 2. The zero-order valence-electron chi connectivity index (χ0n) is 24.8. The molecular weight excluding hydrogens is 610 g/mol. The Morgan fingerprint density at radius 3 is 2.43 bits per heavy atom. The Kier molecular flexibility index (Phi) is 6.71. The molecule has 8 atom stereocenters. The summed E-state index contributed by atoms with van der Waals surface area (Å²) in [6.07, 6.45) is -0.623. The van der Waals surface area contributed by atoms with Crippen molar-refractivity contribution in [3.05, 3.63) is 41.4 Å². The molecule has 2 N–H and O–H groups in total. The molecule has 4 aliphatic carbocycles. The van der Waals surface area contributed by atoms with Crippen LogP contribution in [0.15, 0.2) is 41.3 Å². The first-order valence-corrected chi connectivity index (χ1v) is 17.2. The van der Waals surface area contributed by atoms with Gasteiger partial charge in [0.2, 0.25) is 15.8 Å². The lowest BCUT2D eigenvalue weighted by Gasteiger charge is -2.73. The third kappa shape index (κ3) is 3.62. The highest BCUT2D eigenvalue weighted by atomic mass is 35.5. The predicted molar refractivity (Wildman–Crippen MR) is 156 cm³/mol. The number of rotatable bonds is 4. The number of hydrogen-bond acceptors (Lipinski definition) is 9. The summed E-state index contributed by atoms with van der Waals surface area (Å²) >= 11 is 5.92. The molecule has 0 aromatic heterocycles. The number of aliphatic hydroxyl groups excluding tert-OH is 1. The van der Waals surface area contributed by atoms with E-state index in [-0.39, 0.29) is 55.2 Å². The van der Waals surface area contributed by atoms with Gasteiger partial charge in [-0.25, -0.2) is 8.42 Å². The highest BCUT2D eigenvalue weighted by molar-refractivity contribution is 7.89. The van der Waals surface area contributed by atoms with Gasteiger partial charge < -0.3 is 19.7 Å². The van der Waals surface area contributed by atoms with Crippen LogP contribution in [0, 0.1) is 39.9 Å². The normalized spacial score (nSPS) is 41.8. The summed E-state index contributed by atoms with van der Waals surface area (Å²) in [6, 6.07) is 5.90. The maximum Gasteiger partial charge on any atom is 0.309 e. The zero-order chi connectivity index (χ0) is 31.6. The molecule has 4 saturated carbocycles. The molecule has 238 valence electrons. The van der Waals surface area contributed by atoms with Crippen LogP contribution in [0.5, 0.6) is 0 Å². The number of hydrogen-bond donors (Lipinski definition) is 2. The van der Waals surface area contributed by atoms with Crippen molar-refractivity contribution in [1.29, 1.82) is 0 Å². The maximum absolute atomic E-state index is 14.3. The summed E-state index contributed by atoms with van der Waals surface area (Å²) in [5, 5.41) is 24.6. The molecule has 12 heteroatoms. The van der Waals surface area contributed by atoms with Crippen molar-refractivity contribution in [3.63, 3.8) is 0 Å². The van der Waals surface area contributed by atoms with E-state index in [9.17, 15) is 33.0 Å². The molecule has 7 fully saturated rings. The number of esters is 1. The first-order valence-electron chi connectivity index (χ1n) is 15.4. The van der Waals surface area contributed by atoms with Crippen LogP contribution in [0.3, 0.4) is 0 Å². The molecule has 8 rings (SSSR count). The summed E-state index contributed by atoms with van der Waals surface area (Å²) in [4.78, 5) is 42.0. The van der Waals surface area contributed by atoms with Crippen LogP contribution in [-0.2, 0) is 33.9 Å². The summed E-state index contributed by atoms with van der Waals surface area (Å²) in [5.74, 6) is -6.13. The van der Waals surface area contributed by atoms with Crippen LogP contribution in [-0.4, -0.2) is 78.2 Å². The number of piperidine rings is 1. The third-order valence-corrected chi connectivity index (χ3v) is 14.3. The van der Waals surface area contributed by atoms with Gasteiger partial charge in [-0.3, -0.25) is 14.4 Å². The summed E-state index contributed by atoms with van der Waals surface area (Å²) < 4.78 is 39.9. The molecule has 3 aliphatic heterocycles. The van der Waals surface area contributed by atoms with Crippen LogP contribution in [0.1, 0.15) is 52.4 Å². The summed E-state index contributed by atoms with van der Waals surface area (Å²) in [6.45, 7) is 8.08. The molecule has 0 radical (unpaired) electrons. The van der Waals surface area contributed by atoms with E-state index in [1.165, 1.54) is 28.6 Å². The van der Waals surface area contributed by atoms with Gasteiger partial charge in [0.1, 0.15) is 23.4 Å². The molecule has 1 aromatic rings. The Morgan fingerprint density at radius 2 is 1.77 bits per heavy atom. The molecule has 0 amide bonds. The number of ether oxygens (including phenoxy) is 2. The van der Waals surface area contributed by atoms with Gasteiger partial charge >= 0.3 is 5.97 Å². The summed E-state index contributed by atoms with van der Waals surface area (Å²) in [7, 11) is -3.78. The van der Waals surface area contributed by atoms with E-state index in [0.29, 0.717) is 24.3 Å². The van der Waals surface area contributed by atoms with Crippen molar-refractivity contribution in [1.82, 2.24) is 4.31 Å². The molecule has 44 heavy (non-hydrogen) atoms. The average Bonchev–Trinajstić information content (AvgIpc) is 3.10. The Labute approximate surface area is 261 Å². The Balaban J connectivity index is 1.18. The standard InChI is InChI=1S/C32H38ClNO9S/c1-17-21-8-9-22-30-16-42-32(39,26(37)24(30)29(2,3)13-10-23(30)35)31(22,25(17)36)27(21)43-28(38)18-11-14-34(15-12-18)44(40,41)20-6-4-19(33)5-7-20/h4-7,18,21-22,24,26-27,37,39H,1,8-16H2,2-3H3/t21-,22-,24+,26-,27+,30+,31-,32+/m0/s1. The van der Waals surface area contributed by atoms with Crippen molar-refractivity contribution >= 4 is 39.2 Å². The van der Waals surface area contributed by atoms with Gasteiger partial charge in [-0.1, -0.05) is 32.0 Å². The van der Waals surface area contributed by atoms with Gasteiger partial charge in [-0.2, -0.15) is 4.31 Å². The van der Waals surface area contributed by atoms with Crippen molar-refractivity contribution in [2.45, 2.75) is 75.3 Å². The largest absolute Gasteiger partial charge is 0.460 e. The molecule has 4 bridgehead atoms. The molecule has 3 saturated heterocycles. The van der Waals surface area contributed by atoms with Gasteiger partial charge in [0, 0.05) is 36.4 Å². The maximum atomic E-state index is 14.3. The lowest BCUT2D eigenvalue weighted by Crippen LogP contribution is -2.85. The fourth-order valence-electron chi connectivity index (χ4n) is 10.1. The Bertz CT molecular complexity index is 1570. The number of benzene rings is 1. The zero-order valence-corrected chi connectivity index (χ0v) is 26.4. The molecule has 10 nitrogen and oxygen atoms in total. The smallest absolute Gasteiger partial charge is 0.309 e. The topological polar surface area (TPSA) is 148 Å². The SMILES string of the molecule is C=C1C(=O)[C@]23[C@H](OC(=O)C4CCN(S(=O)(=O)c5ccc(Cl)cc5)CC4)[C@H]1CC[C@H]2[C@@]12CO[C@]3(O)[C@@H](O)[C@@H]1C(C)(C)CCC2=O. The van der Waals surface area contributed by atoms with Crippen molar-refractivity contribution in [3.8, 4) is 0 Å². The van der Waals surface area contributed by atoms with E-state index < -0.39 is 79.7 Å². The fraction of sp³-hybridized carbons (Fsp3) is 0.656. The minimum Gasteiger partial charge on any atom is -0.460 e. The van der Waals surface area contributed by atoms with E-state index >= 15 is 0 Å². The van der Waals surface area contributed by atoms with Gasteiger partial charge in [0.25, 0.3) is 0 Å². The van der Waals surface area contributed by atoms with Crippen LogP contribution >= 0.6 is 11.6 Å². The highest BCUT2D eigenvalue weighted by Crippen LogP contribution is 2.76. The minimum absolute atomic E-state index is 0.0879. The second kappa shape index (κ2) is 9.68. The number of carbonyl (C=O) groups excluding carboxylic acids is 3. The van der Waals surface area contributed by atoms with Gasteiger partial charge in [-0.15, -0.1) is 0 Å². The lowest BCUT2D eigenvalue weighted by atomic mass is 9.36. The van der Waals surface area contributed by atoms with Crippen LogP contribution in [0.2, 0.25) is 5.02 Å². The van der Waals surface area contributed by atoms with E-state index in [1.54, 1.807) is 0 Å². The van der Waals surface area contributed by atoms with Crippen molar-refractivity contribution < 1.29 is 42.5 Å². The number of carbonyl (C=O) groups is 3. The highest BCUT2D eigenvalue weighted by Gasteiger charge is 2.88. The number of sulfonamides is 1. The van der Waals surface area contributed by atoms with Crippen LogP contribution < -0.4 is 0 Å².